The van der Waals surface area contributed by atoms with Crippen LogP contribution in [-0.4, -0.2) is 22.4 Å². The molecular formula is C10H6ClF6NO3. The molecule has 0 fully saturated rings. The lowest BCUT2D eigenvalue weighted by Crippen LogP contribution is -2.21. The summed E-state index contributed by atoms with van der Waals surface area (Å²) in [6.07, 6.45) is -11.3. The van der Waals surface area contributed by atoms with Gasteiger partial charge in [0.15, 0.2) is 0 Å². The van der Waals surface area contributed by atoms with Gasteiger partial charge in [0, 0.05) is 5.56 Å². The Morgan fingerprint density at radius 2 is 1.86 bits per heavy atom. The van der Waals surface area contributed by atoms with Crippen LogP contribution in [0.1, 0.15) is 16.8 Å². The maximum atomic E-state index is 12.6. The van der Waals surface area contributed by atoms with Crippen LogP contribution in [0.3, 0.4) is 0 Å². The molecule has 0 bridgehead atoms. The van der Waals surface area contributed by atoms with E-state index in [0.717, 1.165) is 0 Å². The van der Waals surface area contributed by atoms with Gasteiger partial charge in [0.25, 0.3) is 0 Å². The number of pyridine rings is 1. The molecule has 1 N–H and O–H groups in total. The van der Waals surface area contributed by atoms with E-state index in [1.165, 1.54) is 0 Å². The minimum atomic E-state index is -5.29. The van der Waals surface area contributed by atoms with E-state index in [4.69, 9.17) is 16.7 Å². The number of ether oxygens (including phenoxy) is 1. The van der Waals surface area contributed by atoms with Crippen LogP contribution < -0.4 is 4.74 Å². The molecule has 0 spiro atoms. The van der Waals surface area contributed by atoms with Crippen LogP contribution in [0.2, 0.25) is 0 Å². The van der Waals surface area contributed by atoms with Crippen molar-refractivity contribution >= 4 is 17.6 Å². The molecule has 0 amide bonds. The van der Waals surface area contributed by atoms with Crippen molar-refractivity contribution in [2.24, 2.45) is 0 Å². The van der Waals surface area contributed by atoms with Crippen molar-refractivity contribution in [3.05, 3.63) is 22.9 Å². The average molecular weight is 338 g/mol. The highest BCUT2D eigenvalue weighted by molar-refractivity contribution is 6.17. The van der Waals surface area contributed by atoms with Crippen LogP contribution in [0.4, 0.5) is 26.3 Å². The van der Waals surface area contributed by atoms with Crippen LogP contribution in [0, 0.1) is 0 Å². The Bertz CT molecular complexity index is 543. The lowest BCUT2D eigenvalue weighted by Gasteiger charge is -2.16. The van der Waals surface area contributed by atoms with E-state index < -0.39 is 53.5 Å². The number of carbonyl (C=O) groups is 1. The molecule has 0 aliphatic rings. The fourth-order valence-corrected chi connectivity index (χ4v) is 1.69. The van der Waals surface area contributed by atoms with Gasteiger partial charge in [0.1, 0.15) is 5.69 Å². The Morgan fingerprint density at radius 3 is 2.24 bits per heavy atom. The zero-order chi connectivity index (χ0) is 16.4. The number of hydrogen-bond donors (Lipinski definition) is 1. The summed E-state index contributed by atoms with van der Waals surface area (Å²) in [5.41, 5.74) is -2.82. The second-order valence-electron chi connectivity index (χ2n) is 3.70. The lowest BCUT2D eigenvalue weighted by molar-refractivity contribution is -0.276. The van der Waals surface area contributed by atoms with Gasteiger partial charge in [-0.2, -0.15) is 13.2 Å². The van der Waals surface area contributed by atoms with E-state index in [9.17, 15) is 31.1 Å². The Morgan fingerprint density at radius 1 is 1.29 bits per heavy atom. The molecule has 0 aliphatic carbocycles. The molecule has 0 atom stereocenters. The molecule has 0 aliphatic heterocycles. The maximum Gasteiger partial charge on any atom is 0.574 e. The molecule has 1 rings (SSSR count). The number of aromatic nitrogens is 1. The monoisotopic (exact) mass is 337 g/mol. The SMILES string of the molecule is O=C(O)Cc1cc(C(F)(F)F)nc(OC(F)(F)F)c1CCl. The van der Waals surface area contributed by atoms with Gasteiger partial charge in [-0.15, -0.1) is 24.8 Å². The molecule has 0 radical (unpaired) electrons. The molecular weight excluding hydrogens is 332 g/mol. The first kappa shape index (κ1) is 17.3. The van der Waals surface area contributed by atoms with Crippen LogP contribution >= 0.6 is 11.6 Å². The van der Waals surface area contributed by atoms with Gasteiger partial charge in [0.2, 0.25) is 5.88 Å². The first-order valence-corrected chi connectivity index (χ1v) is 5.61. The highest BCUT2D eigenvalue weighted by atomic mass is 35.5. The summed E-state index contributed by atoms with van der Waals surface area (Å²) in [4.78, 5) is 13.3. The normalized spacial score (nSPS) is 12.3. The number of halogens is 7. The first-order chi connectivity index (χ1) is 9.44. The van der Waals surface area contributed by atoms with Gasteiger partial charge < -0.3 is 9.84 Å². The standard InChI is InChI=1S/C10H6ClF6NO3/c11-3-5-4(2-7(19)20)1-6(9(12,13)14)18-8(5)21-10(15,16)17/h1H,2-3H2,(H,19,20). The van der Waals surface area contributed by atoms with Gasteiger partial charge >= 0.3 is 18.5 Å². The molecule has 118 valence electrons. The predicted octanol–water partition coefficient (Wildman–Crippen LogP) is 3.36. The van der Waals surface area contributed by atoms with Crippen molar-refractivity contribution in [1.29, 1.82) is 0 Å². The number of aliphatic carboxylic acids is 1. The van der Waals surface area contributed by atoms with Crippen molar-refractivity contribution in [2.45, 2.75) is 24.8 Å². The third-order valence-electron chi connectivity index (χ3n) is 2.16. The second-order valence-corrected chi connectivity index (χ2v) is 3.97. The Balaban J connectivity index is 3.47. The number of rotatable bonds is 4. The summed E-state index contributed by atoms with van der Waals surface area (Å²) < 4.78 is 77.6. The lowest BCUT2D eigenvalue weighted by atomic mass is 10.1. The van der Waals surface area contributed by atoms with E-state index in [-0.39, 0.29) is 0 Å². The maximum absolute atomic E-state index is 12.6. The minimum Gasteiger partial charge on any atom is -0.481 e. The molecule has 11 heteroatoms. The fraction of sp³-hybridized carbons (Fsp3) is 0.400. The van der Waals surface area contributed by atoms with Crippen molar-refractivity contribution in [3.8, 4) is 5.88 Å². The summed E-state index contributed by atoms with van der Waals surface area (Å²) in [6, 6.07) is 0.328. The van der Waals surface area contributed by atoms with Crippen LogP contribution in [-0.2, 0) is 23.3 Å². The van der Waals surface area contributed by atoms with Crippen molar-refractivity contribution in [2.75, 3.05) is 0 Å². The zero-order valence-electron chi connectivity index (χ0n) is 9.85. The third kappa shape index (κ3) is 4.96. The molecule has 1 aromatic heterocycles. The largest absolute Gasteiger partial charge is 0.574 e. The number of alkyl halides is 7. The molecule has 0 saturated heterocycles. The highest BCUT2D eigenvalue weighted by Gasteiger charge is 2.38. The zero-order valence-corrected chi connectivity index (χ0v) is 10.6. The molecule has 21 heavy (non-hydrogen) atoms. The van der Waals surface area contributed by atoms with Crippen LogP contribution in [0.5, 0.6) is 5.88 Å². The predicted molar refractivity (Wildman–Crippen MR) is 56.8 cm³/mol. The van der Waals surface area contributed by atoms with Crippen LogP contribution in [0.25, 0.3) is 0 Å². The molecule has 1 heterocycles. The van der Waals surface area contributed by atoms with Crippen molar-refractivity contribution in [1.82, 2.24) is 4.98 Å². The second kappa shape index (κ2) is 5.96. The molecule has 4 nitrogen and oxygen atoms in total. The summed E-state index contributed by atoms with van der Waals surface area (Å²) in [7, 11) is 0. The molecule has 1 aromatic rings. The Hall–Kier alpha value is -1.71. The quantitative estimate of drug-likeness (QED) is 0.676. The minimum absolute atomic E-state index is 0.328. The Labute approximate surface area is 118 Å². The average Bonchev–Trinajstić information content (AvgIpc) is 2.24. The van der Waals surface area contributed by atoms with E-state index in [1.54, 1.807) is 0 Å². The van der Waals surface area contributed by atoms with Gasteiger partial charge in [0.05, 0.1) is 12.3 Å². The van der Waals surface area contributed by atoms with E-state index >= 15 is 0 Å². The van der Waals surface area contributed by atoms with Crippen molar-refractivity contribution < 1.29 is 41.0 Å². The van der Waals surface area contributed by atoms with Gasteiger partial charge in [-0.05, 0) is 11.6 Å². The van der Waals surface area contributed by atoms with Crippen molar-refractivity contribution in [3.63, 3.8) is 0 Å². The molecule has 0 unspecified atom stereocenters. The van der Waals surface area contributed by atoms with Gasteiger partial charge in [-0.25, -0.2) is 4.98 Å². The highest BCUT2D eigenvalue weighted by Crippen LogP contribution is 2.35. The number of nitrogens with zero attached hydrogens (tertiary/aromatic N) is 1. The van der Waals surface area contributed by atoms with Crippen LogP contribution in [0.15, 0.2) is 6.07 Å². The number of carboxylic acid groups (broad SMARTS) is 1. The summed E-state index contributed by atoms with van der Waals surface area (Å²) >= 11 is 5.35. The summed E-state index contributed by atoms with van der Waals surface area (Å²) in [6.45, 7) is 0. The Kier molecular flexibility index (Phi) is 4.92. The number of hydrogen-bond acceptors (Lipinski definition) is 3. The van der Waals surface area contributed by atoms with E-state index in [2.05, 4.69) is 9.72 Å². The summed E-state index contributed by atoms with van der Waals surface area (Å²) in [5, 5.41) is 8.60. The third-order valence-corrected chi connectivity index (χ3v) is 2.42. The van der Waals surface area contributed by atoms with E-state index in [0.29, 0.717) is 6.07 Å². The number of carboxylic acids is 1. The van der Waals surface area contributed by atoms with Gasteiger partial charge in [-0.1, -0.05) is 0 Å². The molecule has 0 aromatic carbocycles. The van der Waals surface area contributed by atoms with Gasteiger partial charge in [-0.3, -0.25) is 4.79 Å². The topological polar surface area (TPSA) is 59.4 Å². The first-order valence-electron chi connectivity index (χ1n) is 5.07. The smallest absolute Gasteiger partial charge is 0.481 e. The fourth-order valence-electron chi connectivity index (χ4n) is 1.40. The molecule has 0 saturated carbocycles. The summed E-state index contributed by atoms with van der Waals surface area (Å²) in [5.74, 6) is -3.65. The van der Waals surface area contributed by atoms with E-state index in [1.807, 2.05) is 0 Å².